The molecule has 0 aliphatic rings. The minimum Gasteiger partial charge on any atom is -0.369 e. The summed E-state index contributed by atoms with van der Waals surface area (Å²) in [6.45, 7) is 2.78. The van der Waals surface area contributed by atoms with E-state index in [1.54, 1.807) is 23.9 Å². The van der Waals surface area contributed by atoms with Crippen LogP contribution < -0.4 is 5.32 Å². The summed E-state index contributed by atoms with van der Waals surface area (Å²) in [6, 6.07) is 14.7. The molecule has 0 amide bonds. The molecule has 0 saturated heterocycles. The Hall–Kier alpha value is -2.14. The van der Waals surface area contributed by atoms with Gasteiger partial charge in [0, 0.05) is 11.9 Å². The highest BCUT2D eigenvalue weighted by atomic mass is 32.2. The molecule has 0 fully saturated rings. The van der Waals surface area contributed by atoms with Crippen LogP contribution in [0, 0.1) is 5.82 Å². The molecule has 118 valence electrons. The summed E-state index contributed by atoms with van der Waals surface area (Å²) < 4.78 is 13.2. The summed E-state index contributed by atoms with van der Waals surface area (Å²) in [5.41, 5.74) is 1.91. The lowest BCUT2D eigenvalue weighted by atomic mass is 10.1. The number of hydrogen-bond donors (Lipinski definition) is 1. The van der Waals surface area contributed by atoms with Crippen LogP contribution in [0.5, 0.6) is 0 Å². The molecule has 23 heavy (non-hydrogen) atoms. The van der Waals surface area contributed by atoms with E-state index in [4.69, 9.17) is 0 Å². The van der Waals surface area contributed by atoms with Crippen molar-refractivity contribution in [2.75, 3.05) is 17.6 Å². The van der Waals surface area contributed by atoms with Crippen molar-refractivity contribution in [1.82, 2.24) is 9.97 Å². The predicted molar refractivity (Wildman–Crippen MR) is 94.5 cm³/mol. The van der Waals surface area contributed by atoms with Crippen LogP contribution in [0.25, 0.3) is 10.9 Å². The Balaban J connectivity index is 1.78. The van der Waals surface area contributed by atoms with Gasteiger partial charge in [-0.1, -0.05) is 43.0 Å². The topological polar surface area (TPSA) is 37.8 Å². The fourth-order valence-electron chi connectivity index (χ4n) is 2.40. The first-order chi connectivity index (χ1) is 11.3. The van der Waals surface area contributed by atoms with E-state index < -0.39 is 0 Å². The minimum absolute atomic E-state index is 0.198. The number of nitrogens with one attached hydrogen (secondary N) is 1. The summed E-state index contributed by atoms with van der Waals surface area (Å²) in [4.78, 5) is 9.17. The zero-order chi connectivity index (χ0) is 16.1. The zero-order valence-corrected chi connectivity index (χ0v) is 13.7. The van der Waals surface area contributed by atoms with Crippen LogP contribution >= 0.6 is 11.8 Å². The van der Waals surface area contributed by atoms with E-state index in [0.29, 0.717) is 6.54 Å². The van der Waals surface area contributed by atoms with Crippen molar-refractivity contribution in [2.24, 2.45) is 0 Å². The highest BCUT2D eigenvalue weighted by Gasteiger charge is 2.07. The third-order valence-corrected chi connectivity index (χ3v) is 4.18. The second-order valence-corrected chi connectivity index (χ2v) is 6.34. The number of thioether (sulfide) groups is 1. The average molecular weight is 327 g/mol. The number of para-hydroxylation sites is 1. The van der Waals surface area contributed by atoms with Gasteiger partial charge in [-0.15, -0.1) is 0 Å². The van der Waals surface area contributed by atoms with E-state index in [9.17, 15) is 4.39 Å². The molecule has 0 aliphatic carbocycles. The quantitative estimate of drug-likeness (QED) is 0.533. The van der Waals surface area contributed by atoms with E-state index in [1.165, 1.54) is 6.07 Å². The maximum atomic E-state index is 13.2. The minimum atomic E-state index is -0.198. The van der Waals surface area contributed by atoms with Crippen molar-refractivity contribution in [3.63, 3.8) is 0 Å². The predicted octanol–water partition coefficient (Wildman–Crippen LogP) is 4.54. The summed E-state index contributed by atoms with van der Waals surface area (Å²) in [5, 5.41) is 5.15. The van der Waals surface area contributed by atoms with Gasteiger partial charge in [0.1, 0.15) is 11.6 Å². The van der Waals surface area contributed by atoms with Crippen molar-refractivity contribution in [1.29, 1.82) is 0 Å². The smallest absolute Gasteiger partial charge is 0.190 e. The van der Waals surface area contributed by atoms with Gasteiger partial charge in [-0.2, -0.15) is 0 Å². The molecule has 3 aromatic rings. The fraction of sp³-hybridized carbons (Fsp3) is 0.222. The van der Waals surface area contributed by atoms with Crippen molar-refractivity contribution in [2.45, 2.75) is 18.5 Å². The molecule has 0 unspecified atom stereocenters. The lowest BCUT2D eigenvalue weighted by Crippen LogP contribution is -2.08. The van der Waals surface area contributed by atoms with Gasteiger partial charge in [0.25, 0.3) is 0 Å². The van der Waals surface area contributed by atoms with Gasteiger partial charge in [0.05, 0.1) is 5.52 Å². The Morgan fingerprint density at radius 3 is 2.78 bits per heavy atom. The summed E-state index contributed by atoms with van der Waals surface area (Å²) >= 11 is 1.62. The summed E-state index contributed by atoms with van der Waals surface area (Å²) in [6.07, 6.45) is 0.742. The van der Waals surface area contributed by atoms with E-state index in [0.717, 1.165) is 39.6 Å². The Kier molecular flexibility index (Phi) is 5.08. The van der Waals surface area contributed by atoms with Crippen molar-refractivity contribution >= 4 is 28.5 Å². The van der Waals surface area contributed by atoms with Crippen molar-refractivity contribution < 1.29 is 4.39 Å². The number of nitrogens with zero attached hydrogens (tertiary/aromatic N) is 2. The van der Waals surface area contributed by atoms with Gasteiger partial charge in [-0.25, -0.2) is 14.4 Å². The molecule has 0 atom stereocenters. The van der Waals surface area contributed by atoms with Crippen LogP contribution in [0.3, 0.4) is 0 Å². The molecule has 3 rings (SSSR count). The highest BCUT2D eigenvalue weighted by molar-refractivity contribution is 7.99. The van der Waals surface area contributed by atoms with Gasteiger partial charge >= 0.3 is 0 Å². The number of fused-ring (bicyclic) bond motifs is 1. The monoisotopic (exact) mass is 327 g/mol. The van der Waals surface area contributed by atoms with E-state index in [-0.39, 0.29) is 5.82 Å². The molecule has 0 saturated carbocycles. The summed E-state index contributed by atoms with van der Waals surface area (Å²) in [7, 11) is 0. The van der Waals surface area contributed by atoms with Crippen molar-refractivity contribution in [3.05, 3.63) is 59.9 Å². The lowest BCUT2D eigenvalue weighted by molar-refractivity contribution is 0.625. The molecule has 1 aromatic heterocycles. The first-order valence-electron chi connectivity index (χ1n) is 7.64. The van der Waals surface area contributed by atoms with Gasteiger partial charge < -0.3 is 5.32 Å². The summed E-state index contributed by atoms with van der Waals surface area (Å²) in [5.74, 6) is 1.57. The maximum absolute atomic E-state index is 13.2. The van der Waals surface area contributed by atoms with Crippen LogP contribution in [0.2, 0.25) is 0 Å². The lowest BCUT2D eigenvalue weighted by Gasteiger charge is -2.10. The second kappa shape index (κ2) is 7.42. The zero-order valence-electron chi connectivity index (χ0n) is 12.9. The Labute approximate surface area is 139 Å². The normalized spacial score (nSPS) is 10.9. The molecule has 0 radical (unpaired) electrons. The van der Waals surface area contributed by atoms with Crippen LogP contribution in [-0.2, 0) is 6.42 Å². The average Bonchev–Trinajstić information content (AvgIpc) is 2.55. The van der Waals surface area contributed by atoms with Gasteiger partial charge in [-0.05, 0) is 42.0 Å². The second-order valence-electron chi connectivity index (χ2n) is 5.11. The molecule has 3 nitrogen and oxygen atoms in total. The number of hydrogen-bond acceptors (Lipinski definition) is 4. The number of benzene rings is 2. The first-order valence-corrected chi connectivity index (χ1v) is 8.62. The van der Waals surface area contributed by atoms with E-state index >= 15 is 0 Å². The van der Waals surface area contributed by atoms with Crippen LogP contribution in [0.15, 0.2) is 53.7 Å². The Bertz CT molecular complexity index is 807. The van der Waals surface area contributed by atoms with Crippen LogP contribution in [0.1, 0.15) is 12.5 Å². The first kappa shape index (κ1) is 15.7. The third kappa shape index (κ3) is 3.99. The van der Waals surface area contributed by atoms with Crippen LogP contribution in [-0.4, -0.2) is 22.3 Å². The number of halogens is 1. The number of rotatable bonds is 6. The standard InChI is InChI=1S/C18H18FN3S/c1-2-23-18-21-16-9-4-3-8-15(16)17(22-18)20-11-10-13-6-5-7-14(19)12-13/h3-9,12H,2,10-11H2,1H3,(H,20,21,22). The number of aromatic nitrogens is 2. The molecular formula is C18H18FN3S. The SMILES string of the molecule is CCSc1nc(NCCc2cccc(F)c2)c2ccccc2n1. The fourth-order valence-corrected chi connectivity index (χ4v) is 2.98. The van der Waals surface area contributed by atoms with E-state index in [1.807, 2.05) is 30.3 Å². The highest BCUT2D eigenvalue weighted by Crippen LogP contribution is 2.24. The molecule has 5 heteroatoms. The van der Waals surface area contributed by atoms with Gasteiger partial charge in [-0.3, -0.25) is 0 Å². The van der Waals surface area contributed by atoms with Gasteiger partial charge in [0.15, 0.2) is 5.16 Å². The molecular weight excluding hydrogens is 309 g/mol. The third-order valence-electron chi connectivity index (χ3n) is 3.45. The molecule has 1 heterocycles. The number of anilines is 1. The largest absolute Gasteiger partial charge is 0.369 e. The van der Waals surface area contributed by atoms with Crippen LogP contribution in [0.4, 0.5) is 10.2 Å². The Morgan fingerprint density at radius 1 is 1.09 bits per heavy atom. The molecule has 0 aliphatic heterocycles. The van der Waals surface area contributed by atoms with E-state index in [2.05, 4.69) is 22.2 Å². The molecule has 1 N–H and O–H groups in total. The molecule has 2 aromatic carbocycles. The molecule has 0 spiro atoms. The maximum Gasteiger partial charge on any atom is 0.190 e. The van der Waals surface area contributed by atoms with Gasteiger partial charge in [0.2, 0.25) is 0 Å². The van der Waals surface area contributed by atoms with Crippen molar-refractivity contribution in [3.8, 4) is 0 Å². The Morgan fingerprint density at radius 2 is 1.96 bits per heavy atom. The molecule has 0 bridgehead atoms.